The molecule has 1 aromatic carbocycles. The van der Waals surface area contributed by atoms with Crippen molar-refractivity contribution in [2.24, 2.45) is 5.92 Å². The third-order valence-corrected chi connectivity index (χ3v) is 5.76. The molecule has 0 saturated carbocycles. The number of benzene rings is 1. The molecule has 1 heterocycles. The second-order valence-electron chi connectivity index (χ2n) is 7.06. The van der Waals surface area contributed by atoms with Crippen molar-refractivity contribution in [2.45, 2.75) is 44.8 Å². The van der Waals surface area contributed by atoms with Crippen LogP contribution in [0.4, 0.5) is 0 Å². The van der Waals surface area contributed by atoms with Crippen LogP contribution >= 0.6 is 0 Å². The summed E-state index contributed by atoms with van der Waals surface area (Å²) in [5.41, 5.74) is 2.12. The maximum absolute atomic E-state index is 12.4. The normalized spacial score (nSPS) is 17.9. The second-order valence-corrected chi connectivity index (χ2v) is 9.17. The maximum atomic E-state index is 12.4. The standard InChI is InChI=1S/C17H26O3S/c1-17(2,3)16-6-4-5-15(11-16)13-21(18,19)12-14-7-9-20-10-8-14/h4-6,11,14H,7-10,12-13H2,1-3H3. The summed E-state index contributed by atoms with van der Waals surface area (Å²) in [7, 11) is -3.05. The van der Waals surface area contributed by atoms with Gasteiger partial charge in [-0.15, -0.1) is 0 Å². The van der Waals surface area contributed by atoms with Crippen LogP contribution in [0.3, 0.4) is 0 Å². The molecule has 21 heavy (non-hydrogen) atoms. The molecule has 0 unspecified atom stereocenters. The Hall–Kier alpha value is -0.870. The molecule has 2 rings (SSSR count). The van der Waals surface area contributed by atoms with E-state index in [0.29, 0.717) is 13.2 Å². The van der Waals surface area contributed by atoms with E-state index in [1.807, 2.05) is 18.2 Å². The van der Waals surface area contributed by atoms with E-state index in [4.69, 9.17) is 4.74 Å². The van der Waals surface area contributed by atoms with Gasteiger partial charge < -0.3 is 4.74 Å². The fraction of sp³-hybridized carbons (Fsp3) is 0.647. The van der Waals surface area contributed by atoms with E-state index in [0.717, 1.165) is 18.4 Å². The van der Waals surface area contributed by atoms with Crippen molar-refractivity contribution < 1.29 is 13.2 Å². The molecule has 0 N–H and O–H groups in total. The molecule has 3 nitrogen and oxygen atoms in total. The molecule has 0 spiro atoms. The minimum Gasteiger partial charge on any atom is -0.381 e. The monoisotopic (exact) mass is 310 g/mol. The Balaban J connectivity index is 2.06. The van der Waals surface area contributed by atoms with Crippen molar-refractivity contribution in [3.8, 4) is 0 Å². The molecule has 0 aliphatic carbocycles. The van der Waals surface area contributed by atoms with Gasteiger partial charge in [0.1, 0.15) is 0 Å². The SMILES string of the molecule is CC(C)(C)c1cccc(CS(=O)(=O)CC2CCOCC2)c1. The molecular weight excluding hydrogens is 284 g/mol. The minimum atomic E-state index is -3.05. The van der Waals surface area contributed by atoms with Gasteiger partial charge >= 0.3 is 0 Å². The van der Waals surface area contributed by atoms with Crippen LogP contribution in [0.2, 0.25) is 0 Å². The van der Waals surface area contributed by atoms with E-state index in [1.165, 1.54) is 5.56 Å². The predicted octanol–water partition coefficient (Wildman–Crippen LogP) is 3.33. The smallest absolute Gasteiger partial charge is 0.154 e. The van der Waals surface area contributed by atoms with E-state index >= 15 is 0 Å². The molecule has 4 heteroatoms. The van der Waals surface area contributed by atoms with Gasteiger partial charge in [0, 0.05) is 13.2 Å². The first-order valence-electron chi connectivity index (χ1n) is 7.64. The molecule has 0 aromatic heterocycles. The van der Waals surface area contributed by atoms with Crippen molar-refractivity contribution in [3.05, 3.63) is 35.4 Å². The second kappa shape index (κ2) is 6.49. The molecule has 118 valence electrons. The number of ether oxygens (including phenoxy) is 1. The topological polar surface area (TPSA) is 43.4 Å². The first kappa shape index (κ1) is 16.5. The molecule has 0 atom stereocenters. The van der Waals surface area contributed by atoms with Gasteiger partial charge in [0.25, 0.3) is 0 Å². The Morgan fingerprint density at radius 1 is 1.19 bits per heavy atom. The minimum absolute atomic E-state index is 0.0421. The van der Waals surface area contributed by atoms with E-state index < -0.39 is 9.84 Å². The summed E-state index contributed by atoms with van der Waals surface area (Å²) in [6, 6.07) is 7.97. The molecule has 1 fully saturated rings. The van der Waals surface area contributed by atoms with Crippen LogP contribution < -0.4 is 0 Å². The molecule has 1 saturated heterocycles. The summed E-state index contributed by atoms with van der Waals surface area (Å²) in [5, 5.41) is 0. The number of hydrogen-bond donors (Lipinski definition) is 0. The lowest BCUT2D eigenvalue weighted by molar-refractivity contribution is 0.0723. The summed E-state index contributed by atoms with van der Waals surface area (Å²) in [6.07, 6.45) is 1.72. The number of sulfone groups is 1. The van der Waals surface area contributed by atoms with Gasteiger partial charge in [-0.1, -0.05) is 45.0 Å². The lowest BCUT2D eigenvalue weighted by atomic mass is 9.86. The molecule has 1 aromatic rings. The summed E-state index contributed by atoms with van der Waals surface area (Å²) in [6.45, 7) is 7.81. The summed E-state index contributed by atoms with van der Waals surface area (Å²) < 4.78 is 30.1. The third-order valence-electron chi connectivity index (χ3n) is 4.01. The van der Waals surface area contributed by atoms with Crippen LogP contribution in [-0.2, 0) is 25.7 Å². The van der Waals surface area contributed by atoms with Crippen molar-refractivity contribution in [3.63, 3.8) is 0 Å². The lowest BCUT2D eigenvalue weighted by Crippen LogP contribution is -2.24. The highest BCUT2D eigenvalue weighted by atomic mass is 32.2. The van der Waals surface area contributed by atoms with E-state index in [-0.39, 0.29) is 22.8 Å². The molecule has 0 amide bonds. The van der Waals surface area contributed by atoms with Crippen LogP contribution in [0, 0.1) is 5.92 Å². The summed E-state index contributed by atoms with van der Waals surface area (Å²) >= 11 is 0. The zero-order valence-corrected chi connectivity index (χ0v) is 14.1. The highest BCUT2D eigenvalue weighted by molar-refractivity contribution is 7.90. The Labute approximate surface area is 128 Å². The summed E-state index contributed by atoms with van der Waals surface area (Å²) in [5.74, 6) is 0.694. The molecule has 0 bridgehead atoms. The molecule has 0 radical (unpaired) electrons. The van der Waals surface area contributed by atoms with E-state index in [9.17, 15) is 8.42 Å². The Morgan fingerprint density at radius 2 is 1.86 bits per heavy atom. The van der Waals surface area contributed by atoms with Gasteiger partial charge in [0.15, 0.2) is 9.84 Å². The quantitative estimate of drug-likeness (QED) is 0.857. The van der Waals surface area contributed by atoms with Gasteiger partial charge in [-0.05, 0) is 35.3 Å². The average molecular weight is 310 g/mol. The molecule has 1 aliphatic rings. The van der Waals surface area contributed by atoms with Crippen molar-refractivity contribution in [1.29, 1.82) is 0 Å². The van der Waals surface area contributed by atoms with Crippen LogP contribution in [-0.4, -0.2) is 27.4 Å². The van der Waals surface area contributed by atoms with Crippen LogP contribution in [0.15, 0.2) is 24.3 Å². The Morgan fingerprint density at radius 3 is 2.48 bits per heavy atom. The number of rotatable bonds is 4. The van der Waals surface area contributed by atoms with Gasteiger partial charge in [-0.2, -0.15) is 0 Å². The van der Waals surface area contributed by atoms with Crippen LogP contribution in [0.25, 0.3) is 0 Å². The molecular formula is C17H26O3S. The summed E-state index contributed by atoms with van der Waals surface area (Å²) in [4.78, 5) is 0. The predicted molar refractivity (Wildman–Crippen MR) is 86.2 cm³/mol. The van der Waals surface area contributed by atoms with E-state index in [2.05, 4.69) is 26.8 Å². The zero-order valence-electron chi connectivity index (χ0n) is 13.3. The van der Waals surface area contributed by atoms with Gasteiger partial charge in [-0.3, -0.25) is 0 Å². The van der Waals surface area contributed by atoms with Gasteiger partial charge in [-0.25, -0.2) is 8.42 Å². The average Bonchev–Trinajstić information content (AvgIpc) is 2.38. The molecule has 1 aliphatic heterocycles. The Kier molecular flexibility index (Phi) is 5.10. The number of hydrogen-bond acceptors (Lipinski definition) is 3. The first-order valence-corrected chi connectivity index (χ1v) is 9.46. The van der Waals surface area contributed by atoms with Gasteiger partial charge in [0.05, 0.1) is 11.5 Å². The highest BCUT2D eigenvalue weighted by Gasteiger charge is 2.22. The fourth-order valence-electron chi connectivity index (χ4n) is 2.71. The van der Waals surface area contributed by atoms with Crippen LogP contribution in [0.5, 0.6) is 0 Å². The Bertz CT molecular complexity index is 564. The van der Waals surface area contributed by atoms with Crippen molar-refractivity contribution in [2.75, 3.05) is 19.0 Å². The lowest BCUT2D eigenvalue weighted by Gasteiger charge is -2.22. The van der Waals surface area contributed by atoms with Crippen LogP contribution in [0.1, 0.15) is 44.7 Å². The first-order chi connectivity index (χ1) is 9.76. The largest absolute Gasteiger partial charge is 0.381 e. The van der Waals surface area contributed by atoms with Crippen molar-refractivity contribution in [1.82, 2.24) is 0 Å². The fourth-order valence-corrected chi connectivity index (χ4v) is 4.57. The maximum Gasteiger partial charge on any atom is 0.154 e. The van der Waals surface area contributed by atoms with E-state index in [1.54, 1.807) is 0 Å². The highest BCUT2D eigenvalue weighted by Crippen LogP contribution is 2.24. The van der Waals surface area contributed by atoms with Gasteiger partial charge in [0.2, 0.25) is 0 Å². The zero-order chi connectivity index (χ0) is 15.5. The third kappa shape index (κ3) is 5.11. The van der Waals surface area contributed by atoms with Crippen molar-refractivity contribution >= 4 is 9.84 Å².